The van der Waals surface area contributed by atoms with E-state index in [9.17, 15) is 0 Å². The van der Waals surface area contributed by atoms with Crippen molar-refractivity contribution in [2.75, 3.05) is 20.1 Å². The van der Waals surface area contributed by atoms with Gasteiger partial charge in [-0.25, -0.2) is 0 Å². The van der Waals surface area contributed by atoms with Gasteiger partial charge in [0.25, 0.3) is 0 Å². The lowest BCUT2D eigenvalue weighted by Crippen LogP contribution is -2.48. The molecular formula is C16H32N2. The molecule has 106 valence electrons. The standard InChI is InChI=1S/C16H32N2/c1-3-8-14-11-12-18(13-14)16-10-7-5-4-6-9-15(16)17-2/h14-17H,3-13H2,1-2H3. The van der Waals surface area contributed by atoms with Gasteiger partial charge in [-0.15, -0.1) is 0 Å². The van der Waals surface area contributed by atoms with Gasteiger partial charge in [0.15, 0.2) is 0 Å². The summed E-state index contributed by atoms with van der Waals surface area (Å²) in [7, 11) is 2.17. The van der Waals surface area contributed by atoms with E-state index in [4.69, 9.17) is 0 Å². The molecule has 1 aliphatic carbocycles. The quantitative estimate of drug-likeness (QED) is 0.825. The van der Waals surface area contributed by atoms with Crippen LogP contribution in [0.3, 0.4) is 0 Å². The maximum absolute atomic E-state index is 3.60. The summed E-state index contributed by atoms with van der Waals surface area (Å²) in [6.45, 7) is 5.05. The zero-order valence-corrected chi connectivity index (χ0v) is 12.5. The SMILES string of the molecule is CCCC1CCN(C2CCCCCCC2NC)C1. The molecule has 2 heteroatoms. The lowest BCUT2D eigenvalue weighted by Gasteiger charge is -2.36. The lowest BCUT2D eigenvalue weighted by atomic mass is 9.91. The highest BCUT2D eigenvalue weighted by Crippen LogP contribution is 2.28. The van der Waals surface area contributed by atoms with E-state index in [1.165, 1.54) is 70.9 Å². The van der Waals surface area contributed by atoms with Crippen LogP contribution in [0.1, 0.15) is 64.7 Å². The smallest absolute Gasteiger partial charge is 0.0249 e. The van der Waals surface area contributed by atoms with E-state index in [2.05, 4.69) is 24.2 Å². The lowest BCUT2D eigenvalue weighted by molar-refractivity contribution is 0.160. The van der Waals surface area contributed by atoms with Gasteiger partial charge in [0.1, 0.15) is 0 Å². The van der Waals surface area contributed by atoms with Gasteiger partial charge in [-0.2, -0.15) is 0 Å². The second-order valence-electron chi connectivity index (χ2n) is 6.39. The molecule has 1 saturated heterocycles. The van der Waals surface area contributed by atoms with E-state index in [-0.39, 0.29) is 0 Å². The summed E-state index contributed by atoms with van der Waals surface area (Å²) < 4.78 is 0. The van der Waals surface area contributed by atoms with Gasteiger partial charge in [-0.3, -0.25) is 4.90 Å². The van der Waals surface area contributed by atoms with Crippen LogP contribution in [0, 0.1) is 5.92 Å². The van der Waals surface area contributed by atoms with E-state index in [1.807, 2.05) is 0 Å². The summed E-state index contributed by atoms with van der Waals surface area (Å²) >= 11 is 0. The zero-order valence-electron chi connectivity index (χ0n) is 12.5. The first-order chi connectivity index (χ1) is 8.85. The molecule has 18 heavy (non-hydrogen) atoms. The first kappa shape index (κ1) is 14.3. The molecule has 2 aliphatic rings. The Morgan fingerprint density at radius 2 is 1.83 bits per heavy atom. The minimum absolute atomic E-state index is 0.741. The number of likely N-dealkylation sites (N-methyl/N-ethyl adjacent to an activating group) is 1. The summed E-state index contributed by atoms with van der Waals surface area (Å²) in [6.07, 6.45) is 12.8. The van der Waals surface area contributed by atoms with Crippen molar-refractivity contribution in [3.8, 4) is 0 Å². The Morgan fingerprint density at radius 3 is 2.56 bits per heavy atom. The molecule has 3 unspecified atom stereocenters. The van der Waals surface area contributed by atoms with Crippen LogP contribution in [-0.2, 0) is 0 Å². The molecular weight excluding hydrogens is 220 g/mol. The number of nitrogens with one attached hydrogen (secondary N) is 1. The summed E-state index contributed by atoms with van der Waals surface area (Å²) in [5.74, 6) is 0.984. The molecule has 0 radical (unpaired) electrons. The van der Waals surface area contributed by atoms with Crippen molar-refractivity contribution in [1.29, 1.82) is 0 Å². The van der Waals surface area contributed by atoms with Crippen molar-refractivity contribution in [3.05, 3.63) is 0 Å². The van der Waals surface area contributed by atoms with Crippen molar-refractivity contribution >= 4 is 0 Å². The third kappa shape index (κ3) is 3.71. The molecule has 2 rings (SSSR count). The Morgan fingerprint density at radius 1 is 1.06 bits per heavy atom. The first-order valence-electron chi connectivity index (χ1n) is 8.26. The van der Waals surface area contributed by atoms with E-state index >= 15 is 0 Å². The van der Waals surface area contributed by atoms with Crippen LogP contribution in [-0.4, -0.2) is 37.1 Å². The molecule has 0 spiro atoms. The van der Waals surface area contributed by atoms with Gasteiger partial charge in [0.2, 0.25) is 0 Å². The second-order valence-corrected chi connectivity index (χ2v) is 6.39. The van der Waals surface area contributed by atoms with Crippen molar-refractivity contribution in [2.45, 2.75) is 76.8 Å². The predicted molar refractivity (Wildman–Crippen MR) is 78.9 cm³/mol. The summed E-state index contributed by atoms with van der Waals surface area (Å²) in [5, 5.41) is 3.60. The van der Waals surface area contributed by atoms with Crippen molar-refractivity contribution < 1.29 is 0 Å². The van der Waals surface area contributed by atoms with Gasteiger partial charge in [0.05, 0.1) is 0 Å². The Bertz CT molecular complexity index is 229. The Kier molecular flexibility index (Phi) is 5.97. The van der Waals surface area contributed by atoms with Gasteiger partial charge < -0.3 is 5.32 Å². The molecule has 0 amide bonds. The van der Waals surface area contributed by atoms with Gasteiger partial charge in [0, 0.05) is 18.6 Å². The molecule has 2 nitrogen and oxygen atoms in total. The van der Waals surface area contributed by atoms with Crippen LogP contribution in [0.15, 0.2) is 0 Å². The highest BCUT2D eigenvalue weighted by atomic mass is 15.2. The third-order valence-electron chi connectivity index (χ3n) is 5.08. The highest BCUT2D eigenvalue weighted by Gasteiger charge is 2.32. The maximum atomic E-state index is 3.60. The summed E-state index contributed by atoms with van der Waals surface area (Å²) in [4.78, 5) is 2.81. The Balaban J connectivity index is 1.91. The van der Waals surface area contributed by atoms with Crippen LogP contribution in [0.5, 0.6) is 0 Å². The highest BCUT2D eigenvalue weighted by molar-refractivity contribution is 4.89. The van der Waals surface area contributed by atoms with E-state index in [0.717, 1.165) is 18.0 Å². The molecule has 0 bridgehead atoms. The van der Waals surface area contributed by atoms with Crippen molar-refractivity contribution in [3.63, 3.8) is 0 Å². The number of likely N-dealkylation sites (tertiary alicyclic amines) is 1. The number of nitrogens with zero attached hydrogens (tertiary/aromatic N) is 1. The molecule has 0 aromatic carbocycles. The van der Waals surface area contributed by atoms with Crippen molar-refractivity contribution in [2.24, 2.45) is 5.92 Å². The molecule has 0 aromatic rings. The monoisotopic (exact) mass is 252 g/mol. The third-order valence-corrected chi connectivity index (χ3v) is 5.08. The Labute approximate surface area is 114 Å². The second kappa shape index (κ2) is 7.49. The molecule has 1 saturated carbocycles. The normalized spacial score (nSPS) is 35.3. The summed E-state index contributed by atoms with van der Waals surface area (Å²) in [6, 6.07) is 1.56. The average molecular weight is 252 g/mol. The number of hydrogen-bond acceptors (Lipinski definition) is 2. The molecule has 2 fully saturated rings. The van der Waals surface area contributed by atoms with Gasteiger partial charge in [-0.1, -0.05) is 39.0 Å². The topological polar surface area (TPSA) is 15.3 Å². The van der Waals surface area contributed by atoms with Gasteiger partial charge >= 0.3 is 0 Å². The van der Waals surface area contributed by atoms with Gasteiger partial charge in [-0.05, 0) is 45.2 Å². The minimum atomic E-state index is 0.741. The van der Waals surface area contributed by atoms with Crippen LogP contribution in [0.4, 0.5) is 0 Å². The van der Waals surface area contributed by atoms with E-state index in [1.54, 1.807) is 0 Å². The van der Waals surface area contributed by atoms with Crippen LogP contribution >= 0.6 is 0 Å². The predicted octanol–water partition coefficient (Wildman–Crippen LogP) is 3.42. The average Bonchev–Trinajstić information content (AvgIpc) is 2.78. The zero-order chi connectivity index (χ0) is 12.8. The van der Waals surface area contributed by atoms with E-state index in [0.29, 0.717) is 0 Å². The fourth-order valence-corrected chi connectivity index (χ4v) is 4.05. The first-order valence-corrected chi connectivity index (χ1v) is 8.26. The fourth-order valence-electron chi connectivity index (χ4n) is 4.05. The van der Waals surface area contributed by atoms with E-state index < -0.39 is 0 Å². The van der Waals surface area contributed by atoms with Crippen LogP contribution in [0.2, 0.25) is 0 Å². The largest absolute Gasteiger partial charge is 0.315 e. The fraction of sp³-hybridized carbons (Fsp3) is 1.00. The minimum Gasteiger partial charge on any atom is -0.315 e. The molecule has 1 N–H and O–H groups in total. The summed E-state index contributed by atoms with van der Waals surface area (Å²) in [5.41, 5.74) is 0. The van der Waals surface area contributed by atoms with Crippen LogP contribution < -0.4 is 5.32 Å². The van der Waals surface area contributed by atoms with Crippen LogP contribution in [0.25, 0.3) is 0 Å². The molecule has 1 aliphatic heterocycles. The number of hydrogen-bond donors (Lipinski definition) is 1. The molecule has 3 atom stereocenters. The number of rotatable bonds is 4. The van der Waals surface area contributed by atoms with Crippen molar-refractivity contribution in [1.82, 2.24) is 10.2 Å². The maximum Gasteiger partial charge on any atom is 0.0249 e. The molecule has 1 heterocycles. The Hall–Kier alpha value is -0.0800. The molecule has 0 aromatic heterocycles.